The van der Waals surface area contributed by atoms with Gasteiger partial charge in [-0.15, -0.1) is 11.3 Å². The van der Waals surface area contributed by atoms with Gasteiger partial charge in [0.25, 0.3) is 5.56 Å². The third kappa shape index (κ3) is 3.79. The van der Waals surface area contributed by atoms with E-state index in [1.165, 1.54) is 4.88 Å². The zero-order chi connectivity index (χ0) is 20.7. The molecule has 0 saturated carbocycles. The van der Waals surface area contributed by atoms with Gasteiger partial charge in [-0.05, 0) is 55.9 Å². The van der Waals surface area contributed by atoms with Gasteiger partial charge in [0.1, 0.15) is 4.83 Å². The summed E-state index contributed by atoms with van der Waals surface area (Å²) in [5.41, 5.74) is 2.38. The predicted molar refractivity (Wildman–Crippen MR) is 116 cm³/mol. The zero-order valence-corrected chi connectivity index (χ0v) is 17.9. The van der Waals surface area contributed by atoms with Gasteiger partial charge in [0, 0.05) is 24.7 Å². The van der Waals surface area contributed by atoms with E-state index in [2.05, 4.69) is 16.9 Å². The van der Waals surface area contributed by atoms with E-state index in [1.807, 2.05) is 31.1 Å². The number of carbonyl (C=O) groups excluding carboxylic acids is 1. The number of ether oxygens (including phenoxy) is 1. The molecule has 0 unspecified atom stereocenters. The number of nitrogens with zero attached hydrogens (tertiary/aromatic N) is 2. The van der Waals surface area contributed by atoms with Crippen LogP contribution in [0, 0.1) is 5.92 Å². The van der Waals surface area contributed by atoms with Crippen molar-refractivity contribution in [2.45, 2.75) is 39.2 Å². The smallest absolute Gasteiger partial charge is 0.338 e. The van der Waals surface area contributed by atoms with Crippen molar-refractivity contribution < 1.29 is 9.53 Å². The van der Waals surface area contributed by atoms with Crippen molar-refractivity contribution in [2.75, 3.05) is 19.0 Å². The van der Waals surface area contributed by atoms with Crippen molar-refractivity contribution in [1.82, 2.24) is 9.97 Å². The maximum Gasteiger partial charge on any atom is 0.338 e. The third-order valence-corrected chi connectivity index (χ3v) is 6.60. The second kappa shape index (κ2) is 7.63. The van der Waals surface area contributed by atoms with E-state index in [-0.39, 0.29) is 5.56 Å². The molecule has 0 amide bonds. The van der Waals surface area contributed by atoms with Crippen LogP contribution < -0.4 is 10.5 Å². The quantitative estimate of drug-likeness (QED) is 0.655. The maximum atomic E-state index is 12.8. The summed E-state index contributed by atoms with van der Waals surface area (Å²) in [6.07, 6.45) is 2.37. The summed E-state index contributed by atoms with van der Waals surface area (Å²) in [6.45, 7) is 3.97. The molecule has 0 aliphatic heterocycles. The molecule has 3 aromatic rings. The standard InChI is InChI=1S/C22H25N3O3S/c1-12-8-9-16-17(10-12)29-21-18(16)20(26)23-19(24-21)13(2)28-22(27)14-6-5-7-15(11-14)25(3)4/h5-7,11-13H,8-10H2,1-4H3,(H,23,24,26)/t12-,13+/m0/s1. The summed E-state index contributed by atoms with van der Waals surface area (Å²) < 4.78 is 5.59. The fourth-order valence-electron chi connectivity index (χ4n) is 3.75. The van der Waals surface area contributed by atoms with Crippen molar-refractivity contribution >= 4 is 33.2 Å². The van der Waals surface area contributed by atoms with E-state index < -0.39 is 12.1 Å². The molecule has 2 heterocycles. The van der Waals surface area contributed by atoms with Gasteiger partial charge in [0.05, 0.1) is 10.9 Å². The average molecular weight is 412 g/mol. The lowest BCUT2D eigenvalue weighted by Crippen LogP contribution is -2.18. The van der Waals surface area contributed by atoms with Crippen LogP contribution in [0.1, 0.15) is 53.0 Å². The van der Waals surface area contributed by atoms with Gasteiger partial charge in [-0.25, -0.2) is 9.78 Å². The van der Waals surface area contributed by atoms with Crippen LogP contribution in [0.2, 0.25) is 0 Å². The number of hydrogen-bond donors (Lipinski definition) is 1. The van der Waals surface area contributed by atoms with Crippen molar-refractivity contribution in [3.05, 3.63) is 56.4 Å². The van der Waals surface area contributed by atoms with Gasteiger partial charge in [-0.2, -0.15) is 0 Å². The number of nitrogens with one attached hydrogen (secondary N) is 1. The first-order valence-electron chi connectivity index (χ1n) is 9.86. The van der Waals surface area contributed by atoms with E-state index in [0.717, 1.165) is 35.3 Å². The Morgan fingerprint density at radius 3 is 2.93 bits per heavy atom. The Kier molecular flexibility index (Phi) is 5.17. The Balaban J connectivity index is 1.60. The summed E-state index contributed by atoms with van der Waals surface area (Å²) in [4.78, 5) is 36.7. The Labute approximate surface area is 173 Å². The number of rotatable bonds is 4. The van der Waals surface area contributed by atoms with E-state index in [1.54, 1.807) is 30.4 Å². The predicted octanol–water partition coefficient (Wildman–Crippen LogP) is 4.09. The summed E-state index contributed by atoms with van der Waals surface area (Å²) in [6, 6.07) is 7.24. The van der Waals surface area contributed by atoms with E-state index in [4.69, 9.17) is 4.74 Å². The van der Waals surface area contributed by atoms with E-state index in [0.29, 0.717) is 22.7 Å². The van der Waals surface area contributed by atoms with Crippen molar-refractivity contribution in [1.29, 1.82) is 0 Å². The highest BCUT2D eigenvalue weighted by Crippen LogP contribution is 2.36. The molecule has 0 radical (unpaired) electrons. The Morgan fingerprint density at radius 2 is 2.17 bits per heavy atom. The van der Waals surface area contributed by atoms with Gasteiger partial charge in [0.15, 0.2) is 11.9 Å². The SMILES string of the molecule is C[C@H]1CCc2c(sc3nc([C@@H](C)OC(=O)c4cccc(N(C)C)c4)[nH]c(=O)c23)C1. The molecule has 2 atom stereocenters. The molecule has 2 aromatic heterocycles. The number of hydrogen-bond acceptors (Lipinski definition) is 6. The van der Waals surface area contributed by atoms with Crippen LogP contribution in [0.25, 0.3) is 10.2 Å². The first-order chi connectivity index (χ1) is 13.8. The highest BCUT2D eigenvalue weighted by atomic mass is 32.1. The van der Waals surface area contributed by atoms with Crippen LogP contribution in [-0.2, 0) is 17.6 Å². The largest absolute Gasteiger partial charge is 0.451 e. The number of aromatic amines is 1. The molecule has 0 bridgehead atoms. The number of fused-ring (bicyclic) bond motifs is 3. The molecular formula is C22H25N3O3S. The van der Waals surface area contributed by atoms with Gasteiger partial charge < -0.3 is 14.6 Å². The molecule has 4 rings (SSSR count). The van der Waals surface area contributed by atoms with Crippen LogP contribution in [0.4, 0.5) is 5.69 Å². The molecule has 1 aromatic carbocycles. The number of benzene rings is 1. The topological polar surface area (TPSA) is 75.3 Å². The van der Waals surface area contributed by atoms with Crippen LogP contribution >= 0.6 is 11.3 Å². The van der Waals surface area contributed by atoms with Gasteiger partial charge >= 0.3 is 5.97 Å². The van der Waals surface area contributed by atoms with Crippen molar-refractivity contribution in [3.63, 3.8) is 0 Å². The number of aromatic nitrogens is 2. The molecule has 1 N–H and O–H groups in total. The second-order valence-corrected chi connectivity index (χ2v) is 9.06. The third-order valence-electron chi connectivity index (χ3n) is 5.45. The normalized spacial score (nSPS) is 17.0. The van der Waals surface area contributed by atoms with Gasteiger partial charge in [-0.3, -0.25) is 4.79 Å². The van der Waals surface area contributed by atoms with Gasteiger partial charge in [0.2, 0.25) is 0 Å². The molecule has 0 fully saturated rings. The monoisotopic (exact) mass is 411 g/mol. The Hall–Kier alpha value is -2.67. The molecule has 1 aliphatic carbocycles. The molecule has 6 nitrogen and oxygen atoms in total. The lowest BCUT2D eigenvalue weighted by atomic mass is 9.89. The molecule has 0 spiro atoms. The summed E-state index contributed by atoms with van der Waals surface area (Å²) in [7, 11) is 3.83. The average Bonchev–Trinajstić information content (AvgIpc) is 3.05. The highest BCUT2D eigenvalue weighted by Gasteiger charge is 2.24. The zero-order valence-electron chi connectivity index (χ0n) is 17.1. The minimum Gasteiger partial charge on any atom is -0.451 e. The molecular weight excluding hydrogens is 386 g/mol. The first-order valence-corrected chi connectivity index (χ1v) is 10.7. The fourth-order valence-corrected chi connectivity index (χ4v) is 5.14. The van der Waals surface area contributed by atoms with Crippen molar-refractivity contribution in [2.24, 2.45) is 5.92 Å². The Bertz CT molecular complexity index is 1130. The number of H-pyrrole nitrogens is 1. The Morgan fingerprint density at radius 1 is 1.38 bits per heavy atom. The summed E-state index contributed by atoms with van der Waals surface area (Å²) in [5.74, 6) is 0.571. The van der Waals surface area contributed by atoms with Crippen LogP contribution in [0.15, 0.2) is 29.1 Å². The molecule has 1 aliphatic rings. The van der Waals surface area contributed by atoms with Crippen molar-refractivity contribution in [3.8, 4) is 0 Å². The fraction of sp³-hybridized carbons (Fsp3) is 0.409. The van der Waals surface area contributed by atoms with Crippen LogP contribution in [-0.4, -0.2) is 30.0 Å². The number of esters is 1. The number of aryl methyl sites for hydroxylation is 1. The van der Waals surface area contributed by atoms with Gasteiger partial charge in [-0.1, -0.05) is 13.0 Å². The molecule has 0 saturated heterocycles. The molecule has 152 valence electrons. The number of anilines is 1. The molecule has 7 heteroatoms. The minimum absolute atomic E-state index is 0.144. The molecule has 29 heavy (non-hydrogen) atoms. The van der Waals surface area contributed by atoms with E-state index >= 15 is 0 Å². The summed E-state index contributed by atoms with van der Waals surface area (Å²) >= 11 is 1.59. The maximum absolute atomic E-state index is 12.8. The highest BCUT2D eigenvalue weighted by molar-refractivity contribution is 7.18. The number of thiophene rings is 1. The lowest BCUT2D eigenvalue weighted by Gasteiger charge is -2.17. The van der Waals surface area contributed by atoms with Crippen LogP contribution in [0.5, 0.6) is 0 Å². The number of carbonyl (C=O) groups is 1. The van der Waals surface area contributed by atoms with Crippen LogP contribution in [0.3, 0.4) is 0 Å². The second-order valence-electron chi connectivity index (χ2n) is 7.98. The lowest BCUT2D eigenvalue weighted by molar-refractivity contribution is 0.0320. The summed E-state index contributed by atoms with van der Waals surface area (Å²) in [5, 5.41) is 0.706. The first kappa shape index (κ1) is 19.6. The minimum atomic E-state index is -0.652. The van der Waals surface area contributed by atoms with E-state index in [9.17, 15) is 9.59 Å².